The lowest BCUT2D eigenvalue weighted by Gasteiger charge is -2.00. The average Bonchev–Trinajstić information content (AvgIpc) is 2.81. The monoisotopic (exact) mass is 298 g/mol. The van der Waals surface area contributed by atoms with Gasteiger partial charge in [0.1, 0.15) is 5.69 Å². The first-order chi connectivity index (χ1) is 10.5. The van der Waals surface area contributed by atoms with Gasteiger partial charge in [-0.15, -0.1) is 0 Å². The first kappa shape index (κ1) is 15.7. The molecule has 0 aromatic carbocycles. The topological polar surface area (TPSA) is 72.1 Å². The van der Waals surface area contributed by atoms with E-state index in [0.717, 1.165) is 5.56 Å². The van der Waals surface area contributed by atoms with Crippen LogP contribution in [-0.2, 0) is 4.74 Å². The summed E-state index contributed by atoms with van der Waals surface area (Å²) in [6.07, 6.45) is 6.52. The molecule has 114 valence electrons. The number of carbonyl (C=O) groups excluding carboxylic acids is 2. The van der Waals surface area contributed by atoms with Crippen molar-refractivity contribution in [2.45, 2.75) is 20.8 Å². The molecule has 0 saturated carbocycles. The first-order valence-electron chi connectivity index (χ1n) is 7.03. The van der Waals surface area contributed by atoms with Crippen LogP contribution in [0.25, 0.3) is 6.08 Å². The van der Waals surface area contributed by atoms with Gasteiger partial charge in [0.25, 0.3) is 0 Å². The number of aromatic amines is 1. The van der Waals surface area contributed by atoms with E-state index < -0.39 is 5.97 Å². The fourth-order valence-corrected chi connectivity index (χ4v) is 2.26. The van der Waals surface area contributed by atoms with E-state index in [2.05, 4.69) is 9.97 Å². The lowest BCUT2D eigenvalue weighted by molar-refractivity contribution is 0.0519. The molecule has 2 aromatic heterocycles. The first-order valence-corrected chi connectivity index (χ1v) is 7.03. The van der Waals surface area contributed by atoms with Gasteiger partial charge < -0.3 is 9.72 Å². The van der Waals surface area contributed by atoms with E-state index >= 15 is 0 Å². The third kappa shape index (κ3) is 3.31. The highest BCUT2D eigenvalue weighted by molar-refractivity contribution is 6.10. The van der Waals surface area contributed by atoms with Crippen molar-refractivity contribution in [3.63, 3.8) is 0 Å². The summed E-state index contributed by atoms with van der Waals surface area (Å²) in [6.45, 7) is 5.54. The van der Waals surface area contributed by atoms with Gasteiger partial charge in [0.05, 0.1) is 6.61 Å². The molecule has 0 aliphatic rings. The van der Waals surface area contributed by atoms with Crippen molar-refractivity contribution in [2.24, 2.45) is 0 Å². The number of esters is 1. The summed E-state index contributed by atoms with van der Waals surface area (Å²) in [5.41, 5.74) is 2.94. The fraction of sp³-hybridized carbons (Fsp3) is 0.235. The Bertz CT molecular complexity index is 715. The van der Waals surface area contributed by atoms with Gasteiger partial charge in [-0.2, -0.15) is 0 Å². The van der Waals surface area contributed by atoms with Crippen molar-refractivity contribution >= 4 is 17.8 Å². The fourth-order valence-electron chi connectivity index (χ4n) is 2.26. The van der Waals surface area contributed by atoms with Crippen LogP contribution in [0.15, 0.2) is 30.6 Å². The summed E-state index contributed by atoms with van der Waals surface area (Å²) < 4.78 is 4.98. The number of ketones is 1. The molecule has 0 aliphatic carbocycles. The third-order valence-electron chi connectivity index (χ3n) is 3.28. The highest BCUT2D eigenvalue weighted by atomic mass is 16.5. The number of H-pyrrole nitrogens is 1. The SMILES string of the molecule is CCOC(=O)c1[nH]c(C)c(C(=O)C=Cc2cccnc2)c1C. The highest BCUT2D eigenvalue weighted by Gasteiger charge is 2.21. The van der Waals surface area contributed by atoms with E-state index in [1.165, 1.54) is 6.08 Å². The Hall–Kier alpha value is -2.69. The summed E-state index contributed by atoms with van der Waals surface area (Å²) in [5, 5.41) is 0. The molecule has 1 N–H and O–H groups in total. The number of hydrogen-bond donors (Lipinski definition) is 1. The quantitative estimate of drug-likeness (QED) is 0.523. The van der Waals surface area contributed by atoms with Gasteiger partial charge in [-0.25, -0.2) is 4.79 Å². The zero-order valence-electron chi connectivity index (χ0n) is 12.8. The lowest BCUT2D eigenvalue weighted by Crippen LogP contribution is -2.07. The van der Waals surface area contributed by atoms with Gasteiger partial charge in [-0.05, 0) is 50.1 Å². The van der Waals surface area contributed by atoms with Crippen LogP contribution >= 0.6 is 0 Å². The van der Waals surface area contributed by atoms with Crippen LogP contribution < -0.4 is 0 Å². The Morgan fingerprint density at radius 1 is 1.36 bits per heavy atom. The Morgan fingerprint density at radius 3 is 2.77 bits per heavy atom. The Morgan fingerprint density at radius 2 is 2.14 bits per heavy atom. The predicted molar refractivity (Wildman–Crippen MR) is 83.8 cm³/mol. The molecule has 5 nitrogen and oxygen atoms in total. The molecule has 2 rings (SSSR count). The zero-order valence-corrected chi connectivity index (χ0v) is 12.8. The number of rotatable bonds is 5. The maximum atomic E-state index is 12.4. The van der Waals surface area contributed by atoms with Gasteiger partial charge >= 0.3 is 5.97 Å². The third-order valence-corrected chi connectivity index (χ3v) is 3.28. The van der Waals surface area contributed by atoms with Crippen molar-refractivity contribution < 1.29 is 14.3 Å². The second kappa shape index (κ2) is 6.85. The Labute approximate surface area is 129 Å². The molecule has 0 amide bonds. The largest absolute Gasteiger partial charge is 0.461 e. The molecule has 0 aliphatic heterocycles. The molecule has 0 saturated heterocycles. The molecular weight excluding hydrogens is 280 g/mol. The number of aromatic nitrogens is 2. The second-order valence-corrected chi connectivity index (χ2v) is 4.83. The van der Waals surface area contributed by atoms with Crippen LogP contribution in [0.1, 0.15) is 44.6 Å². The maximum absolute atomic E-state index is 12.4. The van der Waals surface area contributed by atoms with Crippen molar-refractivity contribution in [3.8, 4) is 0 Å². The Balaban J connectivity index is 2.27. The number of ether oxygens (including phenoxy) is 1. The summed E-state index contributed by atoms with van der Waals surface area (Å²) in [6, 6.07) is 3.66. The van der Waals surface area contributed by atoms with E-state index in [9.17, 15) is 9.59 Å². The predicted octanol–water partition coefficient (Wildman–Crippen LogP) is 3.10. The molecule has 22 heavy (non-hydrogen) atoms. The number of aryl methyl sites for hydroxylation is 1. The van der Waals surface area contributed by atoms with Gasteiger partial charge in [0, 0.05) is 23.7 Å². The molecule has 2 heterocycles. The van der Waals surface area contributed by atoms with Gasteiger partial charge in [-0.1, -0.05) is 6.07 Å². The molecule has 2 aromatic rings. The minimum Gasteiger partial charge on any atom is -0.461 e. The standard InChI is InChI=1S/C17H18N2O3/c1-4-22-17(21)16-11(2)15(12(3)19-16)14(20)8-7-13-6-5-9-18-10-13/h5-10,19H,4H2,1-3H3. The Kier molecular flexibility index (Phi) is 4.88. The molecule has 5 heteroatoms. The van der Waals surface area contributed by atoms with E-state index in [0.29, 0.717) is 29.1 Å². The summed E-state index contributed by atoms with van der Waals surface area (Å²) in [4.78, 5) is 31.1. The van der Waals surface area contributed by atoms with Crippen LogP contribution in [0.3, 0.4) is 0 Å². The zero-order chi connectivity index (χ0) is 16.1. The number of pyridine rings is 1. The number of hydrogen-bond acceptors (Lipinski definition) is 4. The van der Waals surface area contributed by atoms with Gasteiger partial charge in [0.15, 0.2) is 5.78 Å². The number of nitrogens with zero attached hydrogens (tertiary/aromatic N) is 1. The van der Waals surface area contributed by atoms with Crippen LogP contribution in [0.4, 0.5) is 0 Å². The number of carbonyl (C=O) groups is 2. The van der Waals surface area contributed by atoms with Crippen molar-refractivity contribution in [1.29, 1.82) is 0 Å². The van der Waals surface area contributed by atoms with E-state index in [4.69, 9.17) is 4.74 Å². The van der Waals surface area contributed by atoms with E-state index in [-0.39, 0.29) is 5.78 Å². The molecule has 0 unspecified atom stereocenters. The lowest BCUT2D eigenvalue weighted by atomic mass is 10.0. The van der Waals surface area contributed by atoms with Crippen LogP contribution in [0.2, 0.25) is 0 Å². The molecular formula is C17H18N2O3. The van der Waals surface area contributed by atoms with E-state index in [1.54, 1.807) is 45.3 Å². The van der Waals surface area contributed by atoms with Crippen molar-refractivity contribution in [2.75, 3.05) is 6.61 Å². The van der Waals surface area contributed by atoms with Crippen molar-refractivity contribution in [3.05, 3.63) is 58.7 Å². The van der Waals surface area contributed by atoms with E-state index in [1.807, 2.05) is 6.07 Å². The van der Waals surface area contributed by atoms with Crippen LogP contribution in [-0.4, -0.2) is 28.3 Å². The molecule has 0 bridgehead atoms. The second-order valence-electron chi connectivity index (χ2n) is 4.83. The smallest absolute Gasteiger partial charge is 0.355 e. The number of nitrogens with one attached hydrogen (secondary N) is 1. The number of allylic oxidation sites excluding steroid dienone is 1. The minimum absolute atomic E-state index is 0.161. The molecule has 0 fully saturated rings. The summed E-state index contributed by atoms with van der Waals surface area (Å²) in [5.74, 6) is -0.607. The van der Waals surface area contributed by atoms with Crippen LogP contribution in [0.5, 0.6) is 0 Å². The summed E-state index contributed by atoms with van der Waals surface area (Å²) >= 11 is 0. The molecule has 0 atom stereocenters. The minimum atomic E-state index is -0.446. The maximum Gasteiger partial charge on any atom is 0.355 e. The van der Waals surface area contributed by atoms with Gasteiger partial charge in [0.2, 0.25) is 0 Å². The average molecular weight is 298 g/mol. The molecule has 0 radical (unpaired) electrons. The highest BCUT2D eigenvalue weighted by Crippen LogP contribution is 2.20. The normalized spacial score (nSPS) is 10.9. The van der Waals surface area contributed by atoms with Crippen molar-refractivity contribution in [1.82, 2.24) is 9.97 Å². The molecule has 0 spiro atoms. The van der Waals surface area contributed by atoms with Gasteiger partial charge in [-0.3, -0.25) is 9.78 Å². The van der Waals surface area contributed by atoms with Crippen LogP contribution in [0, 0.1) is 13.8 Å². The summed E-state index contributed by atoms with van der Waals surface area (Å²) in [7, 11) is 0.